The molecule has 0 bridgehead atoms. The van der Waals surface area contributed by atoms with Crippen LogP contribution < -0.4 is 14.8 Å². The fraction of sp³-hybridized carbons (Fsp3) is 0.350. The van der Waals surface area contributed by atoms with Crippen LogP contribution in [0.5, 0.6) is 11.5 Å². The van der Waals surface area contributed by atoms with Crippen molar-refractivity contribution >= 4 is 13.0 Å². The maximum absolute atomic E-state index is 12.4. The molecule has 0 spiro atoms. The van der Waals surface area contributed by atoms with E-state index in [0.29, 0.717) is 13.0 Å². The molecule has 3 N–H and O–H groups in total. The van der Waals surface area contributed by atoms with Crippen molar-refractivity contribution in [3.63, 3.8) is 0 Å². The fourth-order valence-corrected chi connectivity index (χ4v) is 3.41. The molecule has 2 aromatic rings. The first-order valence-corrected chi connectivity index (χ1v) is 8.98. The van der Waals surface area contributed by atoms with E-state index in [4.69, 9.17) is 9.47 Å². The molecular weight excluding hydrogens is 345 g/mol. The number of methoxy groups -OCH3 is 1. The Labute approximate surface area is 159 Å². The zero-order chi connectivity index (χ0) is 19.4. The second-order valence-electron chi connectivity index (χ2n) is 6.85. The molecule has 0 saturated heterocycles. The molecule has 0 aromatic heterocycles. The molecule has 0 aliphatic carbocycles. The average molecular weight is 369 g/mol. The number of ether oxygens (including phenoxy) is 2. The van der Waals surface area contributed by atoms with E-state index < -0.39 is 13.1 Å². The molecule has 1 amide bonds. The fourth-order valence-electron chi connectivity index (χ4n) is 3.41. The summed E-state index contributed by atoms with van der Waals surface area (Å²) >= 11 is 0. The van der Waals surface area contributed by atoms with Crippen LogP contribution in [0.15, 0.2) is 42.5 Å². The molecule has 2 aromatic carbocycles. The number of aryl methyl sites for hydroxylation is 1. The van der Waals surface area contributed by atoms with Crippen LogP contribution in [0.2, 0.25) is 0 Å². The number of hydrogen-bond donors (Lipinski definition) is 3. The number of hydrogen-bond acceptors (Lipinski definition) is 5. The molecule has 0 radical (unpaired) electrons. The van der Waals surface area contributed by atoms with Gasteiger partial charge in [-0.2, -0.15) is 0 Å². The normalized spacial score (nSPS) is 16.2. The van der Waals surface area contributed by atoms with Crippen LogP contribution in [-0.2, 0) is 11.2 Å². The summed E-state index contributed by atoms with van der Waals surface area (Å²) in [6.07, 6.45) is 0.548. The maximum atomic E-state index is 12.4. The Bertz CT molecular complexity index is 793. The molecule has 1 aliphatic rings. The summed E-state index contributed by atoms with van der Waals surface area (Å²) in [6, 6.07) is 13.1. The van der Waals surface area contributed by atoms with Gasteiger partial charge in [-0.25, -0.2) is 0 Å². The van der Waals surface area contributed by atoms with Crippen molar-refractivity contribution in [2.24, 2.45) is 0 Å². The van der Waals surface area contributed by atoms with E-state index >= 15 is 0 Å². The minimum atomic E-state index is -1.64. The first-order chi connectivity index (χ1) is 13.0. The van der Waals surface area contributed by atoms with Crippen LogP contribution in [-0.4, -0.2) is 42.7 Å². The third-order valence-corrected chi connectivity index (χ3v) is 4.88. The first kappa shape index (κ1) is 19.3. The molecule has 0 fully saturated rings. The Morgan fingerprint density at radius 3 is 2.70 bits per heavy atom. The van der Waals surface area contributed by atoms with Gasteiger partial charge in [-0.05, 0) is 36.6 Å². The van der Waals surface area contributed by atoms with Crippen molar-refractivity contribution in [2.75, 3.05) is 13.7 Å². The first-order valence-electron chi connectivity index (χ1n) is 8.98. The van der Waals surface area contributed by atoms with Crippen LogP contribution in [0.3, 0.4) is 0 Å². The Hall–Kier alpha value is -2.51. The lowest BCUT2D eigenvalue weighted by Gasteiger charge is -2.21. The van der Waals surface area contributed by atoms with Crippen molar-refractivity contribution in [1.82, 2.24) is 5.32 Å². The zero-order valence-corrected chi connectivity index (χ0v) is 15.5. The smallest absolute Gasteiger partial charge is 0.475 e. The van der Waals surface area contributed by atoms with E-state index in [2.05, 4.69) is 5.32 Å². The maximum Gasteiger partial charge on any atom is 0.475 e. The summed E-state index contributed by atoms with van der Waals surface area (Å²) in [5.41, 5.74) is 2.93. The lowest BCUT2D eigenvalue weighted by molar-refractivity contribution is -0.120. The molecule has 0 unspecified atom stereocenters. The standard InChI is InChI=1S/C20H24BNO5/c1-13-4-3-5-17-15(12-27-20(13)17)11-18(21(24)25)22-19(23)10-14-6-8-16(26-2)9-7-14/h3-9,15,18,24-25H,10-12H2,1-2H3,(H,22,23)/t15-,18-/m0/s1. The molecule has 1 aliphatic heterocycles. The highest BCUT2D eigenvalue weighted by molar-refractivity contribution is 6.43. The summed E-state index contributed by atoms with van der Waals surface area (Å²) in [5.74, 6) is 0.557. The number of carbonyl (C=O) groups is 1. The van der Waals surface area contributed by atoms with Gasteiger partial charge in [0, 0.05) is 11.5 Å². The Kier molecular flexibility index (Phi) is 6.03. The third kappa shape index (κ3) is 4.62. The van der Waals surface area contributed by atoms with Gasteiger partial charge in [0.05, 0.1) is 26.1 Å². The van der Waals surface area contributed by atoms with Crippen LogP contribution in [0, 0.1) is 6.92 Å². The van der Waals surface area contributed by atoms with Crippen molar-refractivity contribution in [1.29, 1.82) is 0 Å². The predicted octanol–water partition coefficient (Wildman–Crippen LogP) is 1.61. The number of fused-ring (bicyclic) bond motifs is 1. The van der Waals surface area contributed by atoms with E-state index in [-0.39, 0.29) is 18.2 Å². The largest absolute Gasteiger partial charge is 0.497 e. The molecule has 7 heteroatoms. The van der Waals surface area contributed by atoms with Crippen LogP contribution >= 0.6 is 0 Å². The Morgan fingerprint density at radius 2 is 2.04 bits per heavy atom. The van der Waals surface area contributed by atoms with Gasteiger partial charge in [0.15, 0.2) is 0 Å². The second-order valence-corrected chi connectivity index (χ2v) is 6.85. The monoisotopic (exact) mass is 369 g/mol. The molecule has 6 nitrogen and oxygen atoms in total. The van der Waals surface area contributed by atoms with Gasteiger partial charge in [-0.1, -0.05) is 30.3 Å². The van der Waals surface area contributed by atoms with Gasteiger partial charge in [0.25, 0.3) is 0 Å². The molecule has 0 saturated carbocycles. The van der Waals surface area contributed by atoms with E-state index in [1.807, 2.05) is 37.3 Å². The molecule has 142 valence electrons. The van der Waals surface area contributed by atoms with Gasteiger partial charge >= 0.3 is 7.12 Å². The van der Waals surface area contributed by atoms with Gasteiger partial charge in [-0.15, -0.1) is 0 Å². The van der Waals surface area contributed by atoms with Crippen molar-refractivity contribution < 1.29 is 24.3 Å². The van der Waals surface area contributed by atoms with Crippen molar-refractivity contribution in [2.45, 2.75) is 31.6 Å². The quantitative estimate of drug-likeness (QED) is 0.646. The summed E-state index contributed by atoms with van der Waals surface area (Å²) in [4.78, 5) is 12.4. The highest BCUT2D eigenvalue weighted by Gasteiger charge is 2.33. The van der Waals surface area contributed by atoms with Gasteiger partial charge in [0.2, 0.25) is 5.91 Å². The van der Waals surface area contributed by atoms with Crippen molar-refractivity contribution in [3.8, 4) is 11.5 Å². The van der Waals surface area contributed by atoms with Crippen LogP contribution in [0.25, 0.3) is 0 Å². The van der Waals surface area contributed by atoms with E-state index in [0.717, 1.165) is 28.2 Å². The molecule has 1 heterocycles. The SMILES string of the molecule is COc1ccc(CC(=O)N[C@@H](C[C@H]2COc3c(C)cccc32)B(O)O)cc1. The number of benzene rings is 2. The van der Waals surface area contributed by atoms with Gasteiger partial charge in [-0.3, -0.25) is 4.79 Å². The topological polar surface area (TPSA) is 88.0 Å². The number of para-hydroxylation sites is 1. The lowest BCUT2D eigenvalue weighted by atomic mass is 9.73. The second kappa shape index (κ2) is 8.46. The molecule has 3 rings (SSSR count). The van der Waals surface area contributed by atoms with E-state index in [1.165, 1.54) is 0 Å². The number of rotatable bonds is 7. The van der Waals surface area contributed by atoms with E-state index in [1.54, 1.807) is 19.2 Å². The highest BCUT2D eigenvalue weighted by atomic mass is 16.5. The number of nitrogens with one attached hydrogen (secondary N) is 1. The lowest BCUT2D eigenvalue weighted by Crippen LogP contribution is -2.47. The molecule has 2 atom stereocenters. The van der Waals surface area contributed by atoms with Crippen LogP contribution in [0.4, 0.5) is 0 Å². The van der Waals surface area contributed by atoms with Crippen molar-refractivity contribution in [3.05, 3.63) is 59.2 Å². The summed E-state index contributed by atoms with van der Waals surface area (Å²) < 4.78 is 10.9. The van der Waals surface area contributed by atoms with Crippen LogP contribution in [0.1, 0.15) is 29.0 Å². The predicted molar refractivity (Wildman–Crippen MR) is 103 cm³/mol. The highest BCUT2D eigenvalue weighted by Crippen LogP contribution is 2.38. The Balaban J connectivity index is 1.63. The third-order valence-electron chi connectivity index (χ3n) is 4.88. The average Bonchev–Trinajstić information content (AvgIpc) is 3.06. The van der Waals surface area contributed by atoms with E-state index in [9.17, 15) is 14.8 Å². The minimum absolute atomic E-state index is 0.00739. The summed E-state index contributed by atoms with van der Waals surface area (Å²) in [6.45, 7) is 2.45. The molecular formula is C20H24BNO5. The summed E-state index contributed by atoms with van der Waals surface area (Å²) in [5, 5.41) is 22.2. The molecule has 27 heavy (non-hydrogen) atoms. The number of carbonyl (C=O) groups excluding carboxylic acids is 1. The summed E-state index contributed by atoms with van der Waals surface area (Å²) in [7, 11) is -0.0555. The van der Waals surface area contributed by atoms with Gasteiger partial charge in [0.1, 0.15) is 11.5 Å². The Morgan fingerprint density at radius 1 is 1.30 bits per heavy atom. The number of amides is 1. The minimum Gasteiger partial charge on any atom is -0.497 e. The zero-order valence-electron chi connectivity index (χ0n) is 15.5. The van der Waals surface area contributed by atoms with Gasteiger partial charge < -0.3 is 24.8 Å².